The number of hydrogen-bond donors (Lipinski definition) is 0. The fourth-order valence-electron chi connectivity index (χ4n) is 0.703. The maximum absolute atomic E-state index is 11.0. The van der Waals surface area contributed by atoms with Crippen LogP contribution in [-0.4, -0.2) is 29.8 Å². The zero-order valence-corrected chi connectivity index (χ0v) is 7.71. The van der Waals surface area contributed by atoms with E-state index in [1.165, 1.54) is 19.5 Å². The summed E-state index contributed by atoms with van der Waals surface area (Å²) in [6.45, 7) is 0. The van der Waals surface area contributed by atoms with Gasteiger partial charge in [-0.25, -0.2) is 9.79 Å². The lowest BCUT2D eigenvalue weighted by Gasteiger charge is -2.20. The van der Waals surface area contributed by atoms with Crippen molar-refractivity contribution in [1.82, 2.24) is 4.42 Å². The first-order valence-corrected chi connectivity index (χ1v) is 3.80. The summed E-state index contributed by atoms with van der Waals surface area (Å²) < 4.78 is 5.58. The molecule has 0 aromatic heterocycles. The summed E-state index contributed by atoms with van der Waals surface area (Å²) in [5, 5.41) is 0.227. The summed E-state index contributed by atoms with van der Waals surface area (Å²) in [7, 11) is 1.28. The lowest BCUT2D eigenvalue weighted by Crippen LogP contribution is -2.35. The van der Waals surface area contributed by atoms with E-state index in [2.05, 4.69) is 9.73 Å². The van der Waals surface area contributed by atoms with E-state index in [-0.39, 0.29) is 5.16 Å². The standard InChI is InChI=1S/C6H6Cl2N2O2/c1-12-6(11)4-2-9-5(7)3-10(4)8/h2-4H,1H3. The molecule has 0 aliphatic carbocycles. The SMILES string of the molecule is COC(=O)C1C=NC(Cl)=CN1Cl. The molecule has 0 saturated carbocycles. The summed E-state index contributed by atoms with van der Waals surface area (Å²) in [5.41, 5.74) is 0. The molecule has 1 aliphatic heterocycles. The van der Waals surface area contributed by atoms with Gasteiger partial charge in [0.2, 0.25) is 0 Å². The molecule has 0 spiro atoms. The molecule has 4 nitrogen and oxygen atoms in total. The van der Waals surface area contributed by atoms with Gasteiger partial charge in [-0.2, -0.15) is 0 Å². The van der Waals surface area contributed by atoms with Gasteiger partial charge in [0.15, 0.2) is 6.04 Å². The first kappa shape index (κ1) is 9.35. The molecule has 1 unspecified atom stereocenters. The van der Waals surface area contributed by atoms with E-state index in [1.807, 2.05) is 0 Å². The average molecular weight is 209 g/mol. The lowest BCUT2D eigenvalue weighted by molar-refractivity contribution is -0.142. The molecule has 0 aromatic rings. The Morgan fingerprint density at radius 3 is 3.00 bits per heavy atom. The molecule has 1 heterocycles. The molecule has 0 bridgehead atoms. The van der Waals surface area contributed by atoms with Crippen LogP contribution in [0.15, 0.2) is 16.3 Å². The first-order valence-electron chi connectivity index (χ1n) is 3.08. The number of nitrogens with zero attached hydrogens (tertiary/aromatic N) is 2. The smallest absolute Gasteiger partial charge is 0.335 e. The van der Waals surface area contributed by atoms with Gasteiger partial charge in [-0.1, -0.05) is 11.6 Å². The number of aliphatic imine (C=N–C) groups is 1. The van der Waals surface area contributed by atoms with E-state index >= 15 is 0 Å². The Balaban J connectivity index is 2.72. The maximum atomic E-state index is 11.0. The van der Waals surface area contributed by atoms with Crippen LogP contribution in [-0.2, 0) is 9.53 Å². The van der Waals surface area contributed by atoms with Crippen molar-refractivity contribution in [2.24, 2.45) is 4.99 Å². The van der Waals surface area contributed by atoms with Crippen molar-refractivity contribution in [2.45, 2.75) is 6.04 Å². The van der Waals surface area contributed by atoms with Crippen molar-refractivity contribution in [3.05, 3.63) is 11.4 Å². The molecule has 0 amide bonds. The fourth-order valence-corrected chi connectivity index (χ4v) is 1.14. The third-order valence-corrected chi connectivity index (χ3v) is 1.78. The molecular formula is C6H6Cl2N2O2. The molecule has 0 radical (unpaired) electrons. The molecule has 0 fully saturated rings. The van der Waals surface area contributed by atoms with E-state index in [1.54, 1.807) is 0 Å². The highest BCUT2D eigenvalue weighted by Crippen LogP contribution is 2.15. The van der Waals surface area contributed by atoms with Gasteiger partial charge in [0.25, 0.3) is 0 Å². The molecule has 1 rings (SSSR count). The topological polar surface area (TPSA) is 41.9 Å². The van der Waals surface area contributed by atoms with Gasteiger partial charge in [-0.05, 0) is 0 Å². The molecule has 66 valence electrons. The Morgan fingerprint density at radius 1 is 1.83 bits per heavy atom. The number of ether oxygens (including phenoxy) is 1. The fraction of sp³-hybridized carbons (Fsp3) is 0.333. The third kappa shape index (κ3) is 1.89. The number of esters is 1. The van der Waals surface area contributed by atoms with Gasteiger partial charge >= 0.3 is 5.97 Å². The molecule has 1 atom stereocenters. The Bertz CT molecular complexity index is 252. The maximum Gasteiger partial charge on any atom is 0.335 e. The Morgan fingerprint density at radius 2 is 2.50 bits per heavy atom. The molecule has 0 aromatic carbocycles. The van der Waals surface area contributed by atoms with Crippen molar-refractivity contribution in [3.8, 4) is 0 Å². The van der Waals surface area contributed by atoms with Gasteiger partial charge in [-0.3, -0.25) is 4.42 Å². The second-order valence-corrected chi connectivity index (χ2v) is 2.82. The van der Waals surface area contributed by atoms with Gasteiger partial charge in [-0.15, -0.1) is 0 Å². The number of hydrogen-bond acceptors (Lipinski definition) is 4. The molecule has 0 N–H and O–H groups in total. The van der Waals surface area contributed by atoms with Gasteiger partial charge in [0.1, 0.15) is 5.16 Å². The summed E-state index contributed by atoms with van der Waals surface area (Å²) in [6, 6.07) is -0.695. The number of rotatable bonds is 1. The minimum absolute atomic E-state index is 0.227. The zero-order valence-electron chi connectivity index (χ0n) is 6.20. The van der Waals surface area contributed by atoms with E-state index < -0.39 is 12.0 Å². The Kier molecular flexibility index (Phi) is 2.94. The molecule has 12 heavy (non-hydrogen) atoms. The van der Waals surface area contributed by atoms with E-state index in [0.29, 0.717) is 0 Å². The minimum Gasteiger partial charge on any atom is -0.467 e. The second kappa shape index (κ2) is 3.78. The van der Waals surface area contributed by atoms with Crippen molar-refractivity contribution in [2.75, 3.05) is 7.11 Å². The highest BCUT2D eigenvalue weighted by molar-refractivity contribution is 6.31. The largest absolute Gasteiger partial charge is 0.467 e. The predicted molar refractivity (Wildman–Crippen MR) is 45.9 cm³/mol. The summed E-state index contributed by atoms with van der Waals surface area (Å²) in [4.78, 5) is 14.7. The number of halogens is 2. The lowest BCUT2D eigenvalue weighted by atomic mass is 10.3. The monoisotopic (exact) mass is 208 g/mol. The normalized spacial score (nSPS) is 22.1. The van der Waals surface area contributed by atoms with Crippen molar-refractivity contribution >= 4 is 35.6 Å². The van der Waals surface area contributed by atoms with Gasteiger partial charge in [0.05, 0.1) is 13.3 Å². The number of methoxy groups -OCH3 is 1. The van der Waals surface area contributed by atoms with Crippen LogP contribution >= 0.6 is 23.4 Å². The quantitative estimate of drug-likeness (QED) is 0.369. The summed E-state index contributed by atoms with van der Waals surface area (Å²) in [5.74, 6) is -0.478. The molecule has 1 aliphatic rings. The molecular weight excluding hydrogens is 203 g/mol. The minimum atomic E-state index is -0.695. The number of carbonyl (C=O) groups excluding carboxylic acids is 1. The van der Waals surface area contributed by atoms with Gasteiger partial charge in [0, 0.05) is 18.0 Å². The van der Waals surface area contributed by atoms with Crippen LogP contribution in [0.2, 0.25) is 0 Å². The van der Waals surface area contributed by atoms with Crippen LogP contribution < -0.4 is 0 Å². The highest BCUT2D eigenvalue weighted by atomic mass is 35.5. The summed E-state index contributed by atoms with van der Waals surface area (Å²) in [6.07, 6.45) is 2.66. The third-order valence-electron chi connectivity index (χ3n) is 1.28. The Labute approximate surface area is 79.5 Å². The first-order chi connectivity index (χ1) is 5.65. The van der Waals surface area contributed by atoms with E-state index in [0.717, 1.165) is 4.42 Å². The van der Waals surface area contributed by atoms with Gasteiger partial charge < -0.3 is 4.74 Å². The van der Waals surface area contributed by atoms with E-state index in [9.17, 15) is 4.79 Å². The Hall–Kier alpha value is -0.740. The van der Waals surface area contributed by atoms with Crippen LogP contribution in [0.5, 0.6) is 0 Å². The highest BCUT2D eigenvalue weighted by Gasteiger charge is 2.24. The number of carbonyl (C=O) groups is 1. The predicted octanol–water partition coefficient (Wildman–Crippen LogP) is 1.11. The molecule has 0 saturated heterocycles. The van der Waals surface area contributed by atoms with Crippen LogP contribution in [0.1, 0.15) is 0 Å². The summed E-state index contributed by atoms with van der Waals surface area (Å²) >= 11 is 11.1. The van der Waals surface area contributed by atoms with Crippen LogP contribution in [0.3, 0.4) is 0 Å². The molecule has 6 heteroatoms. The zero-order chi connectivity index (χ0) is 9.14. The van der Waals surface area contributed by atoms with Crippen LogP contribution in [0.4, 0.5) is 0 Å². The van der Waals surface area contributed by atoms with Crippen LogP contribution in [0, 0.1) is 0 Å². The van der Waals surface area contributed by atoms with E-state index in [4.69, 9.17) is 23.4 Å². The van der Waals surface area contributed by atoms with Crippen molar-refractivity contribution < 1.29 is 9.53 Å². The van der Waals surface area contributed by atoms with Crippen molar-refractivity contribution in [1.29, 1.82) is 0 Å². The van der Waals surface area contributed by atoms with Crippen molar-refractivity contribution in [3.63, 3.8) is 0 Å². The van der Waals surface area contributed by atoms with Crippen LogP contribution in [0.25, 0.3) is 0 Å². The second-order valence-electron chi connectivity index (χ2n) is 2.04. The average Bonchev–Trinajstić information content (AvgIpc) is 2.03.